The fourth-order valence-corrected chi connectivity index (χ4v) is 5.51. The van der Waals surface area contributed by atoms with E-state index in [-0.39, 0.29) is 27.8 Å². The Hall–Kier alpha value is -1.82. The highest BCUT2D eigenvalue weighted by Crippen LogP contribution is 2.37. The van der Waals surface area contributed by atoms with Crippen molar-refractivity contribution in [3.05, 3.63) is 40.3 Å². The summed E-state index contributed by atoms with van der Waals surface area (Å²) < 4.78 is 44.3. The molecule has 0 fully saturated rings. The Morgan fingerprint density at radius 2 is 1.93 bits per heavy atom. The van der Waals surface area contributed by atoms with E-state index in [1.165, 1.54) is 19.1 Å². The maximum atomic E-state index is 12.4. The van der Waals surface area contributed by atoms with Gasteiger partial charge in [0.2, 0.25) is 5.91 Å². The van der Waals surface area contributed by atoms with Crippen LogP contribution in [-0.2, 0) is 25.9 Å². The fraction of sp³-hybridized carbons (Fsp3) is 0.333. The Bertz CT molecular complexity index is 1080. The molecular weight excluding hydrogens is 429 g/mol. The molecule has 0 aliphatic rings. The summed E-state index contributed by atoms with van der Waals surface area (Å²) in [7, 11) is -8.38. The molecule has 0 bridgehead atoms. The van der Waals surface area contributed by atoms with Crippen molar-refractivity contribution in [2.24, 2.45) is 4.99 Å². The minimum atomic E-state index is -4.65. The summed E-state index contributed by atoms with van der Waals surface area (Å²) in [5, 5.41) is 0. The maximum Gasteiger partial charge on any atom is 0.524 e. The van der Waals surface area contributed by atoms with Crippen LogP contribution in [0.3, 0.4) is 0 Å². The Balaban J connectivity index is 2.46. The molecule has 2 aromatic rings. The molecule has 0 aliphatic carbocycles. The summed E-state index contributed by atoms with van der Waals surface area (Å²) in [5.74, 6) is -0.471. The van der Waals surface area contributed by atoms with Gasteiger partial charge in [-0.05, 0) is 24.6 Å². The topological polar surface area (TPSA) is 147 Å². The highest BCUT2D eigenvalue weighted by atomic mass is 32.2. The highest BCUT2D eigenvalue weighted by molar-refractivity contribution is 7.91. The molecule has 2 rings (SSSR count). The number of sulfonamides is 1. The second-order valence-electron chi connectivity index (χ2n) is 5.70. The molecule has 0 radical (unpaired) electrons. The quantitative estimate of drug-likeness (QED) is 0.537. The van der Waals surface area contributed by atoms with Gasteiger partial charge in [0.15, 0.2) is 9.01 Å². The molecule has 0 aliphatic heterocycles. The van der Waals surface area contributed by atoms with Gasteiger partial charge in [0, 0.05) is 19.2 Å². The zero-order chi connectivity index (χ0) is 21.1. The summed E-state index contributed by atoms with van der Waals surface area (Å²) >= 11 is 0.889. The number of phosphoric acid groups is 1. The van der Waals surface area contributed by atoms with Crippen molar-refractivity contribution >= 4 is 35.1 Å². The van der Waals surface area contributed by atoms with Gasteiger partial charge in [-0.3, -0.25) is 14.6 Å². The number of carbonyl (C=O) groups is 1. The molecule has 1 aromatic carbocycles. The lowest BCUT2D eigenvalue weighted by atomic mass is 10.2. The van der Waals surface area contributed by atoms with Crippen molar-refractivity contribution in [1.82, 2.24) is 9.29 Å². The number of rotatable bonds is 7. The molecule has 10 nitrogen and oxygen atoms in total. The first kappa shape index (κ1) is 22.5. The normalized spacial score (nSPS) is 13.0. The molecule has 0 saturated carbocycles. The van der Waals surface area contributed by atoms with Crippen molar-refractivity contribution in [3.8, 4) is 5.75 Å². The molecule has 0 saturated heterocycles. The van der Waals surface area contributed by atoms with Gasteiger partial charge < -0.3 is 9.09 Å². The average Bonchev–Trinajstić information content (AvgIpc) is 2.84. The van der Waals surface area contributed by atoms with Gasteiger partial charge in [-0.15, -0.1) is 0 Å². The van der Waals surface area contributed by atoms with Gasteiger partial charge in [0.05, 0.1) is 6.54 Å². The smallest absolute Gasteiger partial charge is 0.404 e. The standard InChI is InChI=1S/C15H20N3O7PS2/c1-4-16-28(23,24)14-10(2)18(15(27-14)17-11(3)19)9-12-5-7-13(8-6-12)25-26(20,21)22/h5-8,16H,4,9H2,1-3H3,(H2,20,21,22). The maximum absolute atomic E-state index is 12.4. The molecule has 1 heterocycles. The van der Waals surface area contributed by atoms with Gasteiger partial charge in [0.25, 0.3) is 10.0 Å². The number of nitrogens with zero attached hydrogens (tertiary/aromatic N) is 2. The monoisotopic (exact) mass is 449 g/mol. The molecule has 3 N–H and O–H groups in total. The van der Waals surface area contributed by atoms with E-state index >= 15 is 0 Å². The number of thiazole rings is 1. The summed E-state index contributed by atoms with van der Waals surface area (Å²) in [6.45, 7) is 4.97. The fourth-order valence-electron chi connectivity index (χ4n) is 2.35. The Kier molecular flexibility index (Phi) is 6.97. The molecule has 0 atom stereocenters. The van der Waals surface area contributed by atoms with Crippen LogP contribution >= 0.6 is 19.2 Å². The van der Waals surface area contributed by atoms with Gasteiger partial charge >= 0.3 is 7.82 Å². The zero-order valence-corrected chi connectivity index (χ0v) is 17.8. The van der Waals surface area contributed by atoms with E-state index in [2.05, 4.69) is 14.2 Å². The Morgan fingerprint density at radius 1 is 1.32 bits per heavy atom. The van der Waals surface area contributed by atoms with E-state index in [0.717, 1.165) is 11.3 Å². The summed E-state index contributed by atoms with van der Waals surface area (Å²) in [4.78, 5) is 33.3. The second kappa shape index (κ2) is 8.68. The van der Waals surface area contributed by atoms with Crippen molar-refractivity contribution in [2.75, 3.05) is 6.54 Å². The third-order valence-electron chi connectivity index (χ3n) is 3.44. The van der Waals surface area contributed by atoms with Crippen LogP contribution in [0.2, 0.25) is 0 Å². The van der Waals surface area contributed by atoms with Gasteiger partial charge in [-0.2, -0.15) is 4.99 Å². The number of carbonyl (C=O) groups excluding carboxylic acids is 1. The zero-order valence-electron chi connectivity index (χ0n) is 15.3. The van der Waals surface area contributed by atoms with Crippen LogP contribution in [0, 0.1) is 6.92 Å². The van der Waals surface area contributed by atoms with E-state index in [9.17, 15) is 17.8 Å². The van der Waals surface area contributed by atoms with E-state index in [1.54, 1.807) is 30.5 Å². The molecule has 13 heteroatoms. The van der Waals surface area contributed by atoms with E-state index in [4.69, 9.17) is 9.79 Å². The number of hydrogen-bond donors (Lipinski definition) is 3. The minimum absolute atomic E-state index is 0.00631. The number of nitrogens with one attached hydrogen (secondary N) is 1. The van der Waals surface area contributed by atoms with E-state index < -0.39 is 23.8 Å². The predicted octanol–water partition coefficient (Wildman–Crippen LogP) is 1.12. The van der Waals surface area contributed by atoms with Gasteiger partial charge in [-0.25, -0.2) is 17.7 Å². The van der Waals surface area contributed by atoms with Crippen LogP contribution in [0.1, 0.15) is 25.1 Å². The van der Waals surface area contributed by atoms with Crippen LogP contribution < -0.4 is 14.0 Å². The van der Waals surface area contributed by atoms with Gasteiger partial charge in [-0.1, -0.05) is 30.4 Å². The molecule has 1 amide bonds. The first-order valence-electron chi connectivity index (χ1n) is 8.02. The molecule has 0 unspecified atom stereocenters. The van der Waals surface area contributed by atoms with Crippen molar-refractivity contribution in [1.29, 1.82) is 0 Å². The van der Waals surface area contributed by atoms with Crippen LogP contribution in [0.25, 0.3) is 0 Å². The van der Waals surface area contributed by atoms with Gasteiger partial charge in [0.1, 0.15) is 5.75 Å². The number of aromatic nitrogens is 1. The molecule has 0 spiro atoms. The van der Waals surface area contributed by atoms with Crippen LogP contribution in [0.15, 0.2) is 33.5 Å². The number of amides is 1. The summed E-state index contributed by atoms with van der Waals surface area (Å²) in [5.41, 5.74) is 1.11. The summed E-state index contributed by atoms with van der Waals surface area (Å²) in [6.07, 6.45) is 0. The lowest BCUT2D eigenvalue weighted by molar-refractivity contribution is -0.116. The molecule has 28 heavy (non-hydrogen) atoms. The molecule has 1 aromatic heterocycles. The number of benzene rings is 1. The summed E-state index contributed by atoms with van der Waals surface area (Å²) in [6, 6.07) is 5.92. The molecular formula is C15H20N3O7PS2. The first-order chi connectivity index (χ1) is 12.9. The van der Waals surface area contributed by atoms with Crippen LogP contribution in [0.5, 0.6) is 5.75 Å². The van der Waals surface area contributed by atoms with E-state index in [0.29, 0.717) is 11.3 Å². The SMILES string of the molecule is CCNS(=O)(=O)c1sc(=NC(C)=O)n(Cc2ccc(OP(=O)(O)O)cc2)c1C. The van der Waals surface area contributed by atoms with Crippen LogP contribution in [0.4, 0.5) is 0 Å². The van der Waals surface area contributed by atoms with Crippen molar-refractivity contribution < 1.29 is 32.1 Å². The van der Waals surface area contributed by atoms with Crippen molar-refractivity contribution in [3.63, 3.8) is 0 Å². The van der Waals surface area contributed by atoms with Crippen LogP contribution in [-0.4, -0.2) is 35.2 Å². The minimum Gasteiger partial charge on any atom is -0.404 e. The van der Waals surface area contributed by atoms with E-state index in [1.807, 2.05) is 0 Å². The third kappa shape index (κ3) is 5.84. The lowest BCUT2D eigenvalue weighted by Gasteiger charge is -2.10. The largest absolute Gasteiger partial charge is 0.524 e. The third-order valence-corrected chi connectivity index (χ3v) is 7.22. The molecule has 154 valence electrons. The lowest BCUT2D eigenvalue weighted by Crippen LogP contribution is -2.23. The van der Waals surface area contributed by atoms with Crippen molar-refractivity contribution in [2.45, 2.75) is 31.5 Å². The highest BCUT2D eigenvalue weighted by Gasteiger charge is 2.22. The second-order valence-corrected chi connectivity index (χ2v) is 9.81. The Morgan fingerprint density at radius 3 is 2.43 bits per heavy atom. The predicted molar refractivity (Wildman–Crippen MR) is 102 cm³/mol. The first-order valence-corrected chi connectivity index (χ1v) is 11.8. The average molecular weight is 449 g/mol. The number of phosphoric ester groups is 1. The Labute approximate surface area is 165 Å². The number of hydrogen-bond acceptors (Lipinski definition) is 6.